The lowest BCUT2D eigenvalue weighted by molar-refractivity contribution is -0.122. The molecule has 0 bridgehead atoms. The molecule has 5 nitrogen and oxygen atoms in total. The zero-order valence-corrected chi connectivity index (χ0v) is 18.8. The van der Waals surface area contributed by atoms with Crippen molar-refractivity contribution in [1.29, 1.82) is 0 Å². The van der Waals surface area contributed by atoms with E-state index in [4.69, 9.17) is 9.47 Å². The number of hydrogen-bond donors (Lipinski definition) is 1. The SMILES string of the molecule is COc1cc2c(cc1OC)[C@@H]([C@H](C)NC(=O)CC(C)C)N(Cc1ccccc1)CC2. The van der Waals surface area contributed by atoms with Gasteiger partial charge >= 0.3 is 0 Å². The highest BCUT2D eigenvalue weighted by atomic mass is 16.5. The number of hydrogen-bond acceptors (Lipinski definition) is 4. The minimum absolute atomic E-state index is 0.0305. The Labute approximate surface area is 180 Å². The van der Waals surface area contributed by atoms with Crippen LogP contribution in [0.25, 0.3) is 0 Å². The summed E-state index contributed by atoms with van der Waals surface area (Å²) in [5.41, 5.74) is 3.73. The highest BCUT2D eigenvalue weighted by molar-refractivity contribution is 5.76. The van der Waals surface area contributed by atoms with Crippen LogP contribution in [0.1, 0.15) is 49.9 Å². The molecule has 5 heteroatoms. The smallest absolute Gasteiger partial charge is 0.220 e. The molecule has 30 heavy (non-hydrogen) atoms. The Morgan fingerprint density at radius 2 is 1.77 bits per heavy atom. The summed E-state index contributed by atoms with van der Waals surface area (Å²) in [7, 11) is 3.33. The Morgan fingerprint density at radius 3 is 2.40 bits per heavy atom. The number of methoxy groups -OCH3 is 2. The van der Waals surface area contributed by atoms with Gasteiger partial charge in [-0.15, -0.1) is 0 Å². The van der Waals surface area contributed by atoms with E-state index < -0.39 is 0 Å². The minimum Gasteiger partial charge on any atom is -0.493 e. The number of fused-ring (bicyclic) bond motifs is 1. The molecule has 1 N–H and O–H groups in total. The van der Waals surface area contributed by atoms with E-state index in [1.54, 1.807) is 14.2 Å². The fourth-order valence-electron chi connectivity index (χ4n) is 4.37. The lowest BCUT2D eigenvalue weighted by atomic mass is 9.87. The molecule has 0 radical (unpaired) electrons. The van der Waals surface area contributed by atoms with Crippen LogP contribution in [0.5, 0.6) is 11.5 Å². The van der Waals surface area contributed by atoms with Crippen LogP contribution >= 0.6 is 0 Å². The maximum absolute atomic E-state index is 12.5. The Hall–Kier alpha value is -2.53. The van der Waals surface area contributed by atoms with Crippen LogP contribution in [0.4, 0.5) is 0 Å². The van der Waals surface area contributed by atoms with Gasteiger partial charge in [-0.2, -0.15) is 0 Å². The van der Waals surface area contributed by atoms with Gasteiger partial charge in [0.05, 0.1) is 20.3 Å². The molecule has 2 aromatic carbocycles. The molecule has 162 valence electrons. The summed E-state index contributed by atoms with van der Waals surface area (Å²) < 4.78 is 11.1. The average molecular weight is 411 g/mol. The standard InChI is InChI=1S/C25H34N2O3/c1-17(2)13-24(28)26-18(3)25-21-15-23(30-5)22(29-4)14-20(21)11-12-27(25)16-19-9-7-6-8-10-19/h6-10,14-15,17-18,25H,11-13,16H2,1-5H3,(H,26,28)/t18-,25+/m0/s1. The van der Waals surface area contributed by atoms with Gasteiger partial charge in [0.1, 0.15) is 0 Å². The lowest BCUT2D eigenvalue weighted by Crippen LogP contribution is -2.47. The van der Waals surface area contributed by atoms with E-state index in [1.807, 2.05) is 6.07 Å². The summed E-state index contributed by atoms with van der Waals surface area (Å²) in [5.74, 6) is 1.91. The zero-order chi connectivity index (χ0) is 21.7. The van der Waals surface area contributed by atoms with Crippen LogP contribution in [0.15, 0.2) is 42.5 Å². The highest BCUT2D eigenvalue weighted by Crippen LogP contribution is 2.40. The molecule has 3 rings (SSSR count). The summed E-state index contributed by atoms with van der Waals surface area (Å²) in [5, 5.41) is 3.25. The Kier molecular flexibility index (Phi) is 7.38. The first-order chi connectivity index (χ1) is 14.4. The van der Waals surface area contributed by atoms with Crippen molar-refractivity contribution in [2.75, 3.05) is 20.8 Å². The molecule has 2 atom stereocenters. The maximum atomic E-state index is 12.5. The predicted octanol–water partition coefficient (Wildman–Crippen LogP) is 4.35. The highest BCUT2D eigenvalue weighted by Gasteiger charge is 2.33. The van der Waals surface area contributed by atoms with Gasteiger partial charge in [-0.05, 0) is 48.1 Å². The fourth-order valence-corrected chi connectivity index (χ4v) is 4.37. The van der Waals surface area contributed by atoms with Gasteiger partial charge in [-0.25, -0.2) is 0 Å². The van der Waals surface area contributed by atoms with E-state index in [0.29, 0.717) is 12.3 Å². The van der Waals surface area contributed by atoms with Gasteiger partial charge < -0.3 is 14.8 Å². The largest absolute Gasteiger partial charge is 0.493 e. The molecular formula is C25H34N2O3. The van der Waals surface area contributed by atoms with Gasteiger partial charge in [0, 0.05) is 25.6 Å². The molecular weight excluding hydrogens is 376 g/mol. The second-order valence-corrected chi connectivity index (χ2v) is 8.51. The molecule has 0 spiro atoms. The molecule has 2 aromatic rings. The molecule has 0 saturated carbocycles. The monoisotopic (exact) mass is 410 g/mol. The van der Waals surface area contributed by atoms with Crippen LogP contribution in [0.3, 0.4) is 0 Å². The van der Waals surface area contributed by atoms with Crippen molar-refractivity contribution in [1.82, 2.24) is 10.2 Å². The van der Waals surface area contributed by atoms with Crippen molar-refractivity contribution in [2.24, 2.45) is 5.92 Å². The van der Waals surface area contributed by atoms with E-state index in [1.165, 1.54) is 16.7 Å². The number of nitrogens with zero attached hydrogens (tertiary/aromatic N) is 1. The summed E-state index contributed by atoms with van der Waals surface area (Å²) in [6.07, 6.45) is 1.47. The molecule has 1 aliphatic heterocycles. The van der Waals surface area contributed by atoms with Gasteiger partial charge in [-0.1, -0.05) is 44.2 Å². The number of rotatable bonds is 8. The third-order valence-electron chi connectivity index (χ3n) is 5.71. The molecule has 1 aliphatic rings. The molecule has 0 unspecified atom stereocenters. The van der Waals surface area contributed by atoms with Crippen LogP contribution in [0.2, 0.25) is 0 Å². The van der Waals surface area contributed by atoms with E-state index in [-0.39, 0.29) is 18.0 Å². The fraction of sp³-hybridized carbons (Fsp3) is 0.480. The number of carbonyl (C=O) groups is 1. The minimum atomic E-state index is -0.0305. The van der Waals surface area contributed by atoms with E-state index in [9.17, 15) is 4.79 Å². The number of amides is 1. The number of nitrogens with one attached hydrogen (secondary N) is 1. The summed E-state index contributed by atoms with van der Waals surface area (Å²) in [4.78, 5) is 15.0. The molecule has 0 fully saturated rings. The van der Waals surface area contributed by atoms with E-state index in [0.717, 1.165) is 31.0 Å². The van der Waals surface area contributed by atoms with Crippen LogP contribution < -0.4 is 14.8 Å². The van der Waals surface area contributed by atoms with Crippen molar-refractivity contribution >= 4 is 5.91 Å². The summed E-state index contributed by atoms with van der Waals surface area (Å²) >= 11 is 0. The van der Waals surface area contributed by atoms with Crippen LogP contribution in [0, 0.1) is 5.92 Å². The van der Waals surface area contributed by atoms with Crippen LogP contribution in [-0.2, 0) is 17.8 Å². The second kappa shape index (κ2) is 9.98. The third-order valence-corrected chi connectivity index (χ3v) is 5.71. The molecule has 0 aromatic heterocycles. The van der Waals surface area contributed by atoms with Gasteiger partial charge in [-0.3, -0.25) is 9.69 Å². The number of carbonyl (C=O) groups excluding carboxylic acids is 1. The molecule has 1 heterocycles. The van der Waals surface area contributed by atoms with Crippen molar-refractivity contribution in [3.8, 4) is 11.5 Å². The number of benzene rings is 2. The Balaban J connectivity index is 1.95. The van der Waals surface area contributed by atoms with Gasteiger partial charge in [0.2, 0.25) is 5.91 Å². The average Bonchev–Trinajstić information content (AvgIpc) is 2.72. The summed E-state index contributed by atoms with van der Waals surface area (Å²) in [6, 6.07) is 14.7. The first kappa shape index (κ1) is 22.2. The predicted molar refractivity (Wildman–Crippen MR) is 120 cm³/mol. The first-order valence-electron chi connectivity index (χ1n) is 10.7. The lowest BCUT2D eigenvalue weighted by Gasteiger charge is -2.41. The molecule has 1 amide bonds. The first-order valence-corrected chi connectivity index (χ1v) is 10.7. The zero-order valence-electron chi connectivity index (χ0n) is 18.8. The van der Waals surface area contributed by atoms with Crippen molar-refractivity contribution in [3.63, 3.8) is 0 Å². The maximum Gasteiger partial charge on any atom is 0.220 e. The molecule has 0 aliphatic carbocycles. The topological polar surface area (TPSA) is 50.8 Å². The second-order valence-electron chi connectivity index (χ2n) is 8.51. The van der Waals surface area contributed by atoms with Crippen molar-refractivity contribution in [3.05, 3.63) is 59.2 Å². The normalized spacial score (nSPS) is 17.3. The number of ether oxygens (including phenoxy) is 2. The van der Waals surface area contributed by atoms with E-state index in [2.05, 4.69) is 67.4 Å². The van der Waals surface area contributed by atoms with E-state index >= 15 is 0 Å². The van der Waals surface area contributed by atoms with Crippen molar-refractivity contribution in [2.45, 2.75) is 52.2 Å². The third kappa shape index (κ3) is 5.14. The van der Waals surface area contributed by atoms with Crippen molar-refractivity contribution < 1.29 is 14.3 Å². The van der Waals surface area contributed by atoms with Gasteiger partial charge in [0.25, 0.3) is 0 Å². The van der Waals surface area contributed by atoms with Crippen LogP contribution in [-0.4, -0.2) is 37.6 Å². The molecule has 0 saturated heterocycles. The Bertz CT molecular complexity index is 851. The Morgan fingerprint density at radius 1 is 1.10 bits per heavy atom. The summed E-state index contributed by atoms with van der Waals surface area (Å²) in [6.45, 7) is 8.00. The quantitative estimate of drug-likeness (QED) is 0.703. The van der Waals surface area contributed by atoms with Gasteiger partial charge in [0.15, 0.2) is 11.5 Å².